The van der Waals surface area contributed by atoms with E-state index in [1.165, 1.54) is 57.2 Å². The summed E-state index contributed by atoms with van der Waals surface area (Å²) in [5.74, 6) is 0.910. The lowest BCUT2D eigenvalue weighted by Gasteiger charge is -2.53. The summed E-state index contributed by atoms with van der Waals surface area (Å²) in [4.78, 5) is 2.82. The lowest BCUT2D eigenvalue weighted by molar-refractivity contribution is -0.00380. The van der Waals surface area contributed by atoms with Gasteiger partial charge in [0.2, 0.25) is 0 Å². The largest absolute Gasteiger partial charge is 0.308 e. The van der Waals surface area contributed by atoms with Gasteiger partial charge in [0.15, 0.2) is 0 Å². The Kier molecular flexibility index (Phi) is 3.35. The molecule has 1 heterocycles. The van der Waals surface area contributed by atoms with E-state index in [1.807, 2.05) is 0 Å². The van der Waals surface area contributed by atoms with Gasteiger partial charge in [-0.05, 0) is 44.1 Å². The summed E-state index contributed by atoms with van der Waals surface area (Å²) >= 11 is 0. The van der Waals surface area contributed by atoms with Crippen LogP contribution >= 0.6 is 0 Å². The smallest absolute Gasteiger partial charge is 0.0338 e. The van der Waals surface area contributed by atoms with Crippen LogP contribution in [0.2, 0.25) is 0 Å². The fourth-order valence-corrected chi connectivity index (χ4v) is 4.61. The third kappa shape index (κ3) is 2.53. The monoisotopic (exact) mass is 284 g/mol. The van der Waals surface area contributed by atoms with Gasteiger partial charge >= 0.3 is 0 Å². The molecular formula is C19H28N2. The molecule has 3 fully saturated rings. The van der Waals surface area contributed by atoms with Crippen molar-refractivity contribution in [2.24, 2.45) is 5.92 Å². The van der Waals surface area contributed by atoms with Crippen LogP contribution in [0.4, 0.5) is 0 Å². The minimum atomic E-state index is 0.365. The van der Waals surface area contributed by atoms with Crippen LogP contribution in [0.5, 0.6) is 0 Å². The maximum atomic E-state index is 3.98. The topological polar surface area (TPSA) is 15.3 Å². The van der Waals surface area contributed by atoms with Crippen molar-refractivity contribution in [3.8, 4) is 0 Å². The van der Waals surface area contributed by atoms with Crippen LogP contribution in [0, 0.1) is 5.92 Å². The molecule has 1 aromatic carbocycles. The Morgan fingerprint density at radius 3 is 2.52 bits per heavy atom. The SMILES string of the molecule is CC1(C2CC2)CNC2(CCCC2)CN1Cc1ccccc1. The number of hydrogen-bond donors (Lipinski definition) is 1. The van der Waals surface area contributed by atoms with E-state index in [9.17, 15) is 0 Å². The Balaban J connectivity index is 1.58. The predicted molar refractivity (Wildman–Crippen MR) is 87.2 cm³/mol. The molecule has 1 aliphatic heterocycles. The Morgan fingerprint density at radius 2 is 1.86 bits per heavy atom. The Labute approximate surface area is 128 Å². The highest BCUT2D eigenvalue weighted by molar-refractivity contribution is 5.17. The van der Waals surface area contributed by atoms with E-state index in [0.717, 1.165) is 12.5 Å². The molecule has 1 N–H and O–H groups in total. The average Bonchev–Trinajstić information content (AvgIpc) is 3.27. The van der Waals surface area contributed by atoms with Crippen LogP contribution in [0.1, 0.15) is 51.0 Å². The van der Waals surface area contributed by atoms with Gasteiger partial charge in [-0.1, -0.05) is 43.2 Å². The molecule has 2 heteroatoms. The Morgan fingerprint density at radius 1 is 1.14 bits per heavy atom. The summed E-state index contributed by atoms with van der Waals surface area (Å²) in [5, 5.41) is 3.98. The van der Waals surface area contributed by atoms with Crippen molar-refractivity contribution in [1.82, 2.24) is 10.2 Å². The molecule has 0 amide bonds. The first-order valence-corrected chi connectivity index (χ1v) is 8.74. The molecule has 2 saturated carbocycles. The number of piperazine rings is 1. The van der Waals surface area contributed by atoms with Crippen molar-refractivity contribution in [3.05, 3.63) is 35.9 Å². The maximum Gasteiger partial charge on any atom is 0.0338 e. The van der Waals surface area contributed by atoms with Gasteiger partial charge in [-0.2, -0.15) is 0 Å². The Bertz CT molecular complexity index is 488. The van der Waals surface area contributed by atoms with Crippen molar-refractivity contribution in [1.29, 1.82) is 0 Å². The van der Waals surface area contributed by atoms with Crippen molar-refractivity contribution < 1.29 is 0 Å². The summed E-state index contributed by atoms with van der Waals surface area (Å²) in [5.41, 5.74) is 2.26. The number of nitrogens with one attached hydrogen (secondary N) is 1. The van der Waals surface area contributed by atoms with Crippen molar-refractivity contribution in [3.63, 3.8) is 0 Å². The van der Waals surface area contributed by atoms with Gasteiger partial charge in [0.1, 0.15) is 0 Å². The molecule has 1 atom stereocenters. The summed E-state index contributed by atoms with van der Waals surface area (Å²) in [6.07, 6.45) is 8.42. The van der Waals surface area contributed by atoms with Crippen LogP contribution in [0.15, 0.2) is 30.3 Å². The van der Waals surface area contributed by atoms with Gasteiger partial charge in [0.25, 0.3) is 0 Å². The number of rotatable bonds is 3. The van der Waals surface area contributed by atoms with Crippen LogP contribution in [-0.4, -0.2) is 29.1 Å². The van der Waals surface area contributed by atoms with E-state index in [4.69, 9.17) is 0 Å². The van der Waals surface area contributed by atoms with Crippen molar-refractivity contribution in [2.75, 3.05) is 13.1 Å². The first-order valence-electron chi connectivity index (χ1n) is 8.74. The quantitative estimate of drug-likeness (QED) is 0.913. The molecule has 1 spiro atoms. The highest BCUT2D eigenvalue weighted by atomic mass is 15.3. The molecule has 0 radical (unpaired) electrons. The van der Waals surface area contributed by atoms with Gasteiger partial charge in [0, 0.05) is 30.7 Å². The number of nitrogens with zero attached hydrogens (tertiary/aromatic N) is 1. The highest BCUT2D eigenvalue weighted by Gasteiger charge is 2.52. The summed E-state index contributed by atoms with van der Waals surface area (Å²) in [7, 11) is 0. The summed E-state index contributed by atoms with van der Waals surface area (Å²) < 4.78 is 0. The maximum absolute atomic E-state index is 3.98. The molecule has 2 aliphatic carbocycles. The summed E-state index contributed by atoms with van der Waals surface area (Å²) in [6.45, 7) is 6.05. The van der Waals surface area contributed by atoms with Gasteiger partial charge in [0.05, 0.1) is 0 Å². The zero-order valence-electron chi connectivity index (χ0n) is 13.3. The van der Waals surface area contributed by atoms with E-state index >= 15 is 0 Å². The minimum Gasteiger partial charge on any atom is -0.308 e. The molecule has 3 aliphatic rings. The second kappa shape index (κ2) is 5.10. The van der Waals surface area contributed by atoms with E-state index in [1.54, 1.807) is 0 Å². The highest BCUT2D eigenvalue weighted by Crippen LogP contribution is 2.47. The fraction of sp³-hybridized carbons (Fsp3) is 0.684. The first-order chi connectivity index (χ1) is 10.2. The molecule has 1 saturated heterocycles. The zero-order valence-corrected chi connectivity index (χ0v) is 13.3. The lowest BCUT2D eigenvalue weighted by atomic mass is 9.83. The van der Waals surface area contributed by atoms with Crippen molar-refractivity contribution in [2.45, 2.75) is 63.1 Å². The third-order valence-electron chi connectivity index (χ3n) is 6.27. The summed E-state index contributed by atoms with van der Waals surface area (Å²) in [6, 6.07) is 11.1. The fourth-order valence-electron chi connectivity index (χ4n) is 4.61. The molecule has 4 rings (SSSR count). The molecule has 1 aromatic rings. The van der Waals surface area contributed by atoms with Crippen LogP contribution in [0.25, 0.3) is 0 Å². The lowest BCUT2D eigenvalue weighted by Crippen LogP contribution is -2.68. The van der Waals surface area contributed by atoms with E-state index < -0.39 is 0 Å². The second-order valence-electron chi connectivity index (χ2n) is 7.81. The number of hydrogen-bond acceptors (Lipinski definition) is 2. The van der Waals surface area contributed by atoms with Gasteiger partial charge in [-0.25, -0.2) is 0 Å². The van der Waals surface area contributed by atoms with Crippen LogP contribution < -0.4 is 5.32 Å². The predicted octanol–water partition coefficient (Wildman–Crippen LogP) is 3.57. The van der Waals surface area contributed by atoms with Crippen LogP contribution in [-0.2, 0) is 6.54 Å². The normalized spacial score (nSPS) is 32.6. The van der Waals surface area contributed by atoms with Crippen LogP contribution in [0.3, 0.4) is 0 Å². The van der Waals surface area contributed by atoms with Gasteiger partial charge in [-0.3, -0.25) is 4.90 Å². The van der Waals surface area contributed by atoms with Gasteiger partial charge in [-0.15, -0.1) is 0 Å². The molecule has 114 valence electrons. The molecule has 0 bridgehead atoms. The zero-order chi connectivity index (χ0) is 14.3. The van der Waals surface area contributed by atoms with Gasteiger partial charge < -0.3 is 5.32 Å². The molecule has 21 heavy (non-hydrogen) atoms. The molecule has 0 aromatic heterocycles. The second-order valence-corrected chi connectivity index (χ2v) is 7.81. The first kappa shape index (κ1) is 13.8. The average molecular weight is 284 g/mol. The van der Waals surface area contributed by atoms with E-state index in [2.05, 4.69) is 47.5 Å². The van der Waals surface area contributed by atoms with E-state index in [-0.39, 0.29) is 0 Å². The van der Waals surface area contributed by atoms with E-state index in [0.29, 0.717) is 11.1 Å². The third-order valence-corrected chi connectivity index (χ3v) is 6.27. The molecule has 2 nitrogen and oxygen atoms in total. The standard InChI is InChI=1S/C19H28N2/c1-18(17-9-10-17)14-20-19(11-5-6-12-19)15-21(18)13-16-7-3-2-4-8-16/h2-4,7-8,17,20H,5-6,9-15H2,1H3. The Hall–Kier alpha value is -0.860. The number of benzene rings is 1. The van der Waals surface area contributed by atoms with Crippen molar-refractivity contribution >= 4 is 0 Å². The minimum absolute atomic E-state index is 0.365. The molecular weight excluding hydrogens is 256 g/mol. The molecule has 1 unspecified atom stereocenters.